The van der Waals surface area contributed by atoms with Gasteiger partial charge in [-0.1, -0.05) is 87.6 Å². The molecule has 0 fully saturated rings. The van der Waals surface area contributed by atoms with E-state index in [1.807, 2.05) is 61.5 Å². The Morgan fingerprint density at radius 3 is 2.16 bits per heavy atom. The fraction of sp³-hybridized carbons (Fsp3) is 0.500. The van der Waals surface area contributed by atoms with Crippen LogP contribution < -0.4 is 10.6 Å². The zero-order chi connectivity index (χ0) is 27.3. The zero-order valence-electron chi connectivity index (χ0n) is 23.0. The number of nitrogens with zero attached hydrogens (tertiary/aromatic N) is 1. The lowest BCUT2D eigenvalue weighted by molar-refractivity contribution is -0.138. The van der Waals surface area contributed by atoms with Crippen molar-refractivity contribution in [3.05, 3.63) is 65.7 Å². The van der Waals surface area contributed by atoms with Crippen molar-refractivity contribution in [3.8, 4) is 0 Å². The Bertz CT molecular complexity index is 1000. The van der Waals surface area contributed by atoms with E-state index < -0.39 is 17.7 Å². The molecule has 7 heteroatoms. The third-order valence-electron chi connectivity index (χ3n) is 5.93. The Hall–Kier alpha value is -3.35. The van der Waals surface area contributed by atoms with Crippen LogP contribution in [0.25, 0.3) is 0 Å². The molecule has 202 valence electrons. The molecular formula is C30H43N3O4. The van der Waals surface area contributed by atoms with Crippen molar-refractivity contribution in [1.29, 1.82) is 0 Å². The van der Waals surface area contributed by atoms with Gasteiger partial charge in [0.05, 0.1) is 0 Å². The second-order valence-electron chi connectivity index (χ2n) is 10.3. The maximum atomic E-state index is 13.7. The van der Waals surface area contributed by atoms with Crippen LogP contribution in [0.5, 0.6) is 0 Å². The number of hydrogen-bond donors (Lipinski definition) is 2. The molecule has 1 unspecified atom stereocenters. The van der Waals surface area contributed by atoms with Crippen LogP contribution in [-0.2, 0) is 14.3 Å². The normalized spacial score (nSPS) is 11.9. The summed E-state index contributed by atoms with van der Waals surface area (Å²) in [4.78, 5) is 41.0. The van der Waals surface area contributed by atoms with Gasteiger partial charge in [0.25, 0.3) is 5.91 Å². The third kappa shape index (κ3) is 10.7. The fourth-order valence-corrected chi connectivity index (χ4v) is 4.05. The third-order valence-corrected chi connectivity index (χ3v) is 5.93. The molecule has 0 heterocycles. The van der Waals surface area contributed by atoms with Gasteiger partial charge in [-0.25, -0.2) is 4.79 Å². The number of amides is 3. The molecule has 3 amide bonds. The van der Waals surface area contributed by atoms with Gasteiger partial charge >= 0.3 is 6.09 Å². The summed E-state index contributed by atoms with van der Waals surface area (Å²) in [7, 11) is 0. The second-order valence-corrected chi connectivity index (χ2v) is 10.3. The zero-order valence-corrected chi connectivity index (χ0v) is 23.0. The molecule has 2 N–H and O–H groups in total. The highest BCUT2D eigenvalue weighted by molar-refractivity contribution is 5.98. The molecule has 7 nitrogen and oxygen atoms in total. The predicted molar refractivity (Wildman–Crippen MR) is 148 cm³/mol. The molecule has 0 aliphatic carbocycles. The molecule has 0 aliphatic heterocycles. The van der Waals surface area contributed by atoms with Crippen LogP contribution in [-0.4, -0.2) is 41.5 Å². The molecule has 1 atom stereocenters. The number of ether oxygens (including phenoxy) is 1. The fourth-order valence-electron chi connectivity index (χ4n) is 4.05. The smallest absolute Gasteiger partial charge is 0.408 e. The van der Waals surface area contributed by atoms with Crippen LogP contribution in [0.4, 0.5) is 10.5 Å². The number of alkyl carbamates (subject to hydrolysis) is 1. The van der Waals surface area contributed by atoms with Crippen LogP contribution in [0, 0.1) is 6.92 Å². The molecule has 0 saturated carbocycles. The van der Waals surface area contributed by atoms with E-state index in [-0.39, 0.29) is 18.4 Å². The number of unbranched alkanes of at least 4 members (excludes halogenated alkanes) is 5. The highest BCUT2D eigenvalue weighted by Gasteiger charge is 2.31. The maximum Gasteiger partial charge on any atom is 0.408 e. The quantitative estimate of drug-likeness (QED) is 0.306. The van der Waals surface area contributed by atoms with Crippen LogP contribution >= 0.6 is 0 Å². The number of aryl methyl sites for hydroxylation is 1. The number of benzene rings is 2. The minimum Gasteiger partial charge on any atom is -0.444 e. The van der Waals surface area contributed by atoms with E-state index in [9.17, 15) is 14.4 Å². The Balaban J connectivity index is 2.28. The maximum absolute atomic E-state index is 13.7. The molecule has 0 aromatic heterocycles. The number of anilines is 1. The molecule has 2 rings (SSSR count). The van der Waals surface area contributed by atoms with Crippen LogP contribution in [0.3, 0.4) is 0 Å². The van der Waals surface area contributed by atoms with Crippen molar-refractivity contribution < 1.29 is 19.1 Å². The summed E-state index contributed by atoms with van der Waals surface area (Å²) in [6, 6.07) is 16.0. The van der Waals surface area contributed by atoms with Gasteiger partial charge in [0.2, 0.25) is 5.91 Å². The first-order chi connectivity index (χ1) is 17.6. The second kappa shape index (κ2) is 15.0. The summed E-state index contributed by atoms with van der Waals surface area (Å²) in [6.45, 7) is 9.54. The van der Waals surface area contributed by atoms with Crippen molar-refractivity contribution in [3.63, 3.8) is 0 Å². The first-order valence-corrected chi connectivity index (χ1v) is 13.3. The minimum absolute atomic E-state index is 0.258. The van der Waals surface area contributed by atoms with E-state index in [1.165, 1.54) is 6.42 Å². The Morgan fingerprint density at radius 2 is 1.51 bits per heavy atom. The average Bonchev–Trinajstić information content (AvgIpc) is 2.85. The van der Waals surface area contributed by atoms with E-state index in [2.05, 4.69) is 17.6 Å². The van der Waals surface area contributed by atoms with E-state index >= 15 is 0 Å². The van der Waals surface area contributed by atoms with E-state index in [1.54, 1.807) is 25.7 Å². The highest BCUT2D eigenvalue weighted by atomic mass is 16.6. The Labute approximate surface area is 222 Å². The topological polar surface area (TPSA) is 87.7 Å². The van der Waals surface area contributed by atoms with Gasteiger partial charge in [-0.2, -0.15) is 0 Å². The molecular weight excluding hydrogens is 466 g/mol. The average molecular weight is 510 g/mol. The standard InChI is InChI=1S/C30H43N3O4/c1-6-7-8-9-10-16-21-33(26(34)22-31-29(36)37-30(3,4)5)27(24-18-12-11-13-19-24)28(35)32-25-20-15-14-17-23(25)2/h11-15,17-20,27H,6-10,16,21-22H2,1-5H3,(H,31,36)(H,32,35). The largest absolute Gasteiger partial charge is 0.444 e. The predicted octanol–water partition coefficient (Wildman–Crippen LogP) is 6.39. The van der Waals surface area contributed by atoms with Crippen molar-refractivity contribution in [2.24, 2.45) is 0 Å². The van der Waals surface area contributed by atoms with Gasteiger partial charge in [0, 0.05) is 12.2 Å². The molecule has 0 saturated heterocycles. The van der Waals surface area contributed by atoms with E-state index in [0.29, 0.717) is 17.8 Å². The number of carbonyl (C=O) groups excluding carboxylic acids is 3. The number of nitrogens with one attached hydrogen (secondary N) is 2. The molecule has 0 radical (unpaired) electrons. The monoisotopic (exact) mass is 509 g/mol. The lowest BCUT2D eigenvalue weighted by atomic mass is 10.0. The van der Waals surface area contributed by atoms with Crippen molar-refractivity contribution in [2.75, 3.05) is 18.4 Å². The number of para-hydroxylation sites is 1. The van der Waals surface area contributed by atoms with E-state index in [4.69, 9.17) is 4.74 Å². The molecule has 0 bridgehead atoms. The molecule has 2 aromatic carbocycles. The van der Waals surface area contributed by atoms with Crippen molar-refractivity contribution in [2.45, 2.75) is 84.8 Å². The minimum atomic E-state index is -0.843. The number of rotatable bonds is 13. The number of carbonyl (C=O) groups is 3. The summed E-state index contributed by atoms with van der Waals surface area (Å²) in [5, 5.41) is 5.57. The van der Waals surface area contributed by atoms with Gasteiger partial charge in [0.15, 0.2) is 0 Å². The first-order valence-electron chi connectivity index (χ1n) is 13.3. The highest BCUT2D eigenvalue weighted by Crippen LogP contribution is 2.25. The molecule has 37 heavy (non-hydrogen) atoms. The summed E-state index contributed by atoms with van der Waals surface area (Å²) in [5.74, 6) is -0.634. The lowest BCUT2D eigenvalue weighted by Crippen LogP contribution is -2.47. The summed E-state index contributed by atoms with van der Waals surface area (Å²) >= 11 is 0. The van der Waals surface area contributed by atoms with Crippen LogP contribution in [0.15, 0.2) is 54.6 Å². The first kappa shape index (κ1) is 29.9. The molecule has 0 spiro atoms. The Kier molecular flexibility index (Phi) is 12.1. The van der Waals surface area contributed by atoms with Crippen LogP contribution in [0.2, 0.25) is 0 Å². The van der Waals surface area contributed by atoms with Crippen molar-refractivity contribution >= 4 is 23.6 Å². The van der Waals surface area contributed by atoms with Gasteiger partial charge in [-0.05, 0) is 51.3 Å². The van der Waals surface area contributed by atoms with Crippen molar-refractivity contribution in [1.82, 2.24) is 10.2 Å². The summed E-state index contributed by atoms with van der Waals surface area (Å²) < 4.78 is 5.29. The van der Waals surface area contributed by atoms with Gasteiger partial charge in [-0.3, -0.25) is 9.59 Å². The Morgan fingerprint density at radius 1 is 0.892 bits per heavy atom. The number of hydrogen-bond acceptors (Lipinski definition) is 4. The van der Waals surface area contributed by atoms with Gasteiger partial charge in [-0.15, -0.1) is 0 Å². The molecule has 2 aromatic rings. The molecule has 0 aliphatic rings. The van der Waals surface area contributed by atoms with Gasteiger partial charge < -0.3 is 20.3 Å². The lowest BCUT2D eigenvalue weighted by Gasteiger charge is -2.32. The van der Waals surface area contributed by atoms with E-state index in [0.717, 1.165) is 37.7 Å². The SMILES string of the molecule is CCCCCCCCN(C(=O)CNC(=O)OC(C)(C)C)C(C(=O)Nc1ccccc1C)c1ccccc1. The van der Waals surface area contributed by atoms with Gasteiger partial charge in [0.1, 0.15) is 18.2 Å². The van der Waals surface area contributed by atoms with Crippen LogP contribution in [0.1, 0.15) is 83.4 Å². The summed E-state index contributed by atoms with van der Waals surface area (Å²) in [5.41, 5.74) is 1.67. The summed E-state index contributed by atoms with van der Waals surface area (Å²) in [6.07, 6.45) is 5.65.